The molecule has 4 nitrogen and oxygen atoms in total. The summed E-state index contributed by atoms with van der Waals surface area (Å²) in [5.74, 6) is 0.435. The molecule has 0 N–H and O–H groups in total. The van der Waals surface area contributed by atoms with Crippen molar-refractivity contribution in [2.75, 3.05) is 7.11 Å². The monoisotopic (exact) mass is 395 g/mol. The van der Waals surface area contributed by atoms with Crippen molar-refractivity contribution in [1.29, 1.82) is 0 Å². The number of Topliss-reactive ketones (excluding diaryl/α,β-unsaturated/α-hetero) is 1. The van der Waals surface area contributed by atoms with Crippen LogP contribution in [0.25, 0.3) is 21.9 Å². The van der Waals surface area contributed by atoms with E-state index in [1.54, 1.807) is 19.4 Å². The number of furan rings is 1. The molecule has 0 aliphatic carbocycles. The van der Waals surface area contributed by atoms with Crippen molar-refractivity contribution in [3.05, 3.63) is 70.4 Å². The molecule has 0 amide bonds. The van der Waals surface area contributed by atoms with E-state index in [0.717, 1.165) is 26.3 Å². The van der Waals surface area contributed by atoms with Gasteiger partial charge in [0.1, 0.15) is 5.58 Å². The maximum absolute atomic E-state index is 12.8. The zero-order chi connectivity index (χ0) is 17.4. The van der Waals surface area contributed by atoms with Crippen LogP contribution in [0.3, 0.4) is 0 Å². The first-order chi connectivity index (χ1) is 12.2. The zero-order valence-corrected chi connectivity index (χ0v) is 15.0. The Morgan fingerprint density at radius 2 is 2.04 bits per heavy atom. The maximum atomic E-state index is 12.8. The summed E-state index contributed by atoms with van der Waals surface area (Å²) in [7, 11) is 1.56. The van der Waals surface area contributed by atoms with Crippen molar-refractivity contribution in [1.82, 2.24) is 4.98 Å². The maximum Gasteiger partial charge on any atom is 0.217 e. The van der Waals surface area contributed by atoms with E-state index in [-0.39, 0.29) is 12.2 Å². The lowest BCUT2D eigenvalue weighted by Gasteiger charge is -2.09. The second-order valence-electron chi connectivity index (χ2n) is 5.74. The summed E-state index contributed by atoms with van der Waals surface area (Å²) < 4.78 is 11.8. The molecule has 0 saturated carbocycles. The van der Waals surface area contributed by atoms with E-state index in [2.05, 4.69) is 20.9 Å². The minimum Gasteiger partial charge on any atom is -0.481 e. The molecule has 124 valence electrons. The van der Waals surface area contributed by atoms with E-state index in [0.29, 0.717) is 17.0 Å². The van der Waals surface area contributed by atoms with Crippen molar-refractivity contribution in [2.45, 2.75) is 6.42 Å². The molecule has 5 heteroatoms. The molecule has 2 heterocycles. The van der Waals surface area contributed by atoms with Crippen molar-refractivity contribution < 1.29 is 13.9 Å². The largest absolute Gasteiger partial charge is 0.481 e. The number of carbonyl (C=O) groups excluding carboxylic acids is 1. The molecule has 0 aliphatic heterocycles. The Labute approximate surface area is 152 Å². The van der Waals surface area contributed by atoms with E-state index in [9.17, 15) is 4.79 Å². The molecule has 0 spiro atoms. The summed E-state index contributed by atoms with van der Waals surface area (Å²) in [6, 6.07) is 15.2. The predicted molar refractivity (Wildman–Crippen MR) is 100 cm³/mol. The van der Waals surface area contributed by atoms with Crippen molar-refractivity contribution in [3.8, 4) is 5.88 Å². The summed E-state index contributed by atoms with van der Waals surface area (Å²) in [6.07, 6.45) is 1.79. The van der Waals surface area contributed by atoms with Crippen molar-refractivity contribution >= 4 is 43.6 Å². The van der Waals surface area contributed by atoms with E-state index >= 15 is 0 Å². The lowest BCUT2D eigenvalue weighted by molar-refractivity contribution is 0.0992. The third kappa shape index (κ3) is 2.91. The molecule has 2 aromatic carbocycles. The summed E-state index contributed by atoms with van der Waals surface area (Å²) in [4.78, 5) is 17.4. The molecule has 0 radical (unpaired) electrons. The number of rotatable bonds is 4. The first-order valence-corrected chi connectivity index (χ1v) is 8.57. The molecule has 0 unspecified atom stereocenters. The molecule has 0 fully saturated rings. The summed E-state index contributed by atoms with van der Waals surface area (Å²) in [5, 5.41) is 1.87. The number of ether oxygens (including phenoxy) is 1. The molecule has 0 saturated heterocycles. The molecule has 0 bridgehead atoms. The molecule has 4 aromatic rings. The van der Waals surface area contributed by atoms with Gasteiger partial charge >= 0.3 is 0 Å². The number of para-hydroxylation sites is 1. The molecule has 4 rings (SSSR count). The van der Waals surface area contributed by atoms with Crippen molar-refractivity contribution in [3.63, 3.8) is 0 Å². The molecular formula is C20H14BrNO3. The van der Waals surface area contributed by atoms with Crippen LogP contribution in [0.2, 0.25) is 0 Å². The van der Waals surface area contributed by atoms with Gasteiger partial charge in [-0.05, 0) is 36.4 Å². The van der Waals surface area contributed by atoms with Crippen LogP contribution in [0, 0.1) is 0 Å². The normalized spacial score (nSPS) is 11.1. The number of ketones is 1. The van der Waals surface area contributed by atoms with Gasteiger partial charge < -0.3 is 9.15 Å². The molecule has 25 heavy (non-hydrogen) atoms. The van der Waals surface area contributed by atoms with E-state index in [1.165, 1.54) is 0 Å². The zero-order valence-electron chi connectivity index (χ0n) is 13.5. The van der Waals surface area contributed by atoms with Gasteiger partial charge in [0, 0.05) is 27.2 Å². The number of hydrogen-bond donors (Lipinski definition) is 0. The minimum absolute atomic E-state index is 0.0324. The minimum atomic E-state index is -0.0324. The van der Waals surface area contributed by atoms with Crippen LogP contribution >= 0.6 is 15.9 Å². The fourth-order valence-corrected chi connectivity index (χ4v) is 3.34. The van der Waals surface area contributed by atoms with Crippen LogP contribution in [-0.2, 0) is 6.42 Å². The Hall–Kier alpha value is -2.66. The standard InChI is InChI=1S/C20H14BrNO3/c1-24-20-14(9-13-10-15(21)5-6-17(13)22-20)11-18(23)16-4-2-3-12-7-8-25-19(12)16/h2-10H,11H2,1H3. The van der Waals surface area contributed by atoms with Crippen LogP contribution in [0.4, 0.5) is 0 Å². The number of fused-ring (bicyclic) bond motifs is 2. The summed E-state index contributed by atoms with van der Waals surface area (Å²) in [5.41, 5.74) is 2.76. The number of carbonyl (C=O) groups is 1. The highest BCUT2D eigenvalue weighted by Crippen LogP contribution is 2.27. The predicted octanol–water partition coefficient (Wildman–Crippen LogP) is 5.18. The summed E-state index contributed by atoms with van der Waals surface area (Å²) in [6.45, 7) is 0. The summed E-state index contributed by atoms with van der Waals surface area (Å²) >= 11 is 3.46. The number of aromatic nitrogens is 1. The fraction of sp³-hybridized carbons (Fsp3) is 0.100. The Bertz CT molecular complexity index is 1100. The lowest BCUT2D eigenvalue weighted by atomic mass is 10.0. The lowest BCUT2D eigenvalue weighted by Crippen LogP contribution is -2.06. The van der Waals surface area contributed by atoms with Gasteiger partial charge in [0.15, 0.2) is 5.78 Å². The Kier molecular flexibility index (Phi) is 4.01. The highest BCUT2D eigenvalue weighted by molar-refractivity contribution is 9.10. The molecule has 0 atom stereocenters. The topological polar surface area (TPSA) is 52.3 Å². The Balaban J connectivity index is 1.76. The quantitative estimate of drug-likeness (QED) is 0.446. The van der Waals surface area contributed by atoms with Crippen LogP contribution in [0.5, 0.6) is 5.88 Å². The first-order valence-electron chi connectivity index (χ1n) is 7.78. The van der Waals surface area contributed by atoms with Crippen LogP contribution in [0.15, 0.2) is 63.7 Å². The van der Waals surface area contributed by atoms with Gasteiger partial charge in [0.05, 0.1) is 24.5 Å². The Morgan fingerprint density at radius 3 is 2.88 bits per heavy atom. The average Bonchev–Trinajstić information content (AvgIpc) is 3.09. The SMILES string of the molecule is COc1nc2ccc(Br)cc2cc1CC(=O)c1cccc2ccoc12. The molecule has 0 aliphatic rings. The number of halogens is 1. The van der Waals surface area contributed by atoms with E-state index in [4.69, 9.17) is 9.15 Å². The third-order valence-corrected chi connectivity index (χ3v) is 4.63. The number of hydrogen-bond acceptors (Lipinski definition) is 4. The number of pyridine rings is 1. The highest BCUT2D eigenvalue weighted by Gasteiger charge is 2.17. The molecular weight excluding hydrogens is 382 g/mol. The van der Waals surface area contributed by atoms with Gasteiger partial charge in [0.25, 0.3) is 0 Å². The van der Waals surface area contributed by atoms with Crippen LogP contribution in [-0.4, -0.2) is 17.9 Å². The van der Waals surface area contributed by atoms with E-state index < -0.39 is 0 Å². The smallest absolute Gasteiger partial charge is 0.217 e. The van der Waals surface area contributed by atoms with Crippen LogP contribution < -0.4 is 4.74 Å². The van der Waals surface area contributed by atoms with E-state index in [1.807, 2.05) is 42.5 Å². The van der Waals surface area contributed by atoms with Gasteiger partial charge in [0.2, 0.25) is 5.88 Å². The van der Waals surface area contributed by atoms with Gasteiger partial charge in [-0.2, -0.15) is 0 Å². The second-order valence-corrected chi connectivity index (χ2v) is 6.65. The number of benzene rings is 2. The van der Waals surface area contributed by atoms with Gasteiger partial charge in [-0.15, -0.1) is 0 Å². The average molecular weight is 396 g/mol. The number of methoxy groups -OCH3 is 1. The first kappa shape index (κ1) is 15.8. The highest BCUT2D eigenvalue weighted by atomic mass is 79.9. The Morgan fingerprint density at radius 1 is 1.16 bits per heavy atom. The van der Waals surface area contributed by atoms with Gasteiger partial charge in [-0.1, -0.05) is 28.1 Å². The molecule has 2 aromatic heterocycles. The third-order valence-electron chi connectivity index (χ3n) is 4.14. The van der Waals surface area contributed by atoms with Crippen LogP contribution in [0.1, 0.15) is 15.9 Å². The van der Waals surface area contributed by atoms with Crippen molar-refractivity contribution in [2.24, 2.45) is 0 Å². The fourth-order valence-electron chi connectivity index (χ4n) is 2.96. The van der Waals surface area contributed by atoms with Gasteiger partial charge in [-0.25, -0.2) is 4.98 Å². The second kappa shape index (κ2) is 6.33. The number of nitrogens with zero attached hydrogens (tertiary/aromatic N) is 1. The van der Waals surface area contributed by atoms with Gasteiger partial charge in [-0.3, -0.25) is 4.79 Å².